The number of hydrogen-bond acceptors (Lipinski definition) is 8. The Morgan fingerprint density at radius 3 is 2.54 bits per heavy atom. The molecule has 2 aromatic heterocycles. The van der Waals surface area contributed by atoms with Crippen LogP contribution < -0.4 is 20.3 Å². The average molecular weight is 569 g/mol. The van der Waals surface area contributed by atoms with Gasteiger partial charge in [0.25, 0.3) is 0 Å². The van der Waals surface area contributed by atoms with Gasteiger partial charge in [0.1, 0.15) is 11.4 Å². The van der Waals surface area contributed by atoms with Crippen molar-refractivity contribution in [1.82, 2.24) is 24.4 Å². The van der Waals surface area contributed by atoms with E-state index in [2.05, 4.69) is 32.2 Å². The van der Waals surface area contributed by atoms with Gasteiger partial charge in [0, 0.05) is 39.4 Å². The van der Waals surface area contributed by atoms with Crippen LogP contribution in [0.15, 0.2) is 61.3 Å². The first kappa shape index (κ1) is 29.3. The molecule has 0 bridgehead atoms. The van der Waals surface area contributed by atoms with E-state index in [-0.39, 0.29) is 17.4 Å². The molecule has 0 fully saturated rings. The summed E-state index contributed by atoms with van der Waals surface area (Å²) in [7, 11) is 7.44. The molecular formula is C28H31F3N8O2. The number of amides is 1. The van der Waals surface area contributed by atoms with Gasteiger partial charge in [0.2, 0.25) is 11.9 Å². The molecular weight excluding hydrogens is 537 g/mol. The fourth-order valence-corrected chi connectivity index (χ4v) is 4.05. The minimum Gasteiger partial charge on any atom is -0.482 e. The van der Waals surface area contributed by atoms with Crippen LogP contribution in [-0.2, 0) is 11.8 Å². The lowest BCUT2D eigenvalue weighted by Gasteiger charge is -2.26. The Kier molecular flexibility index (Phi) is 8.77. The third-order valence-corrected chi connectivity index (χ3v) is 6.14. The topological polar surface area (TPSA) is 100 Å². The lowest BCUT2D eigenvalue weighted by Crippen LogP contribution is -2.29. The summed E-state index contributed by atoms with van der Waals surface area (Å²) < 4.78 is 46.6. The van der Waals surface area contributed by atoms with Crippen LogP contribution in [0, 0.1) is 0 Å². The van der Waals surface area contributed by atoms with Gasteiger partial charge < -0.3 is 29.7 Å². The molecule has 1 amide bonds. The molecule has 216 valence electrons. The quantitative estimate of drug-likeness (QED) is 0.248. The summed E-state index contributed by atoms with van der Waals surface area (Å²) in [6.45, 7) is 3.16. The Hall–Kier alpha value is -4.65. The number of aryl methyl sites for hydroxylation is 1. The summed E-state index contributed by atoms with van der Waals surface area (Å²) in [4.78, 5) is 29.5. The van der Waals surface area contributed by atoms with E-state index in [0.717, 1.165) is 17.1 Å². The first-order valence-corrected chi connectivity index (χ1v) is 12.6. The number of ether oxygens (including phenoxy) is 1. The number of imidazole rings is 1. The van der Waals surface area contributed by atoms with E-state index in [0.29, 0.717) is 36.0 Å². The number of anilines is 4. The number of halogens is 3. The lowest BCUT2D eigenvalue weighted by molar-refractivity contribution is -0.153. The predicted octanol–water partition coefficient (Wildman–Crippen LogP) is 4.84. The Morgan fingerprint density at radius 2 is 1.85 bits per heavy atom. The molecule has 0 aliphatic rings. The monoisotopic (exact) mass is 568 g/mol. The zero-order chi connectivity index (χ0) is 29.7. The molecule has 2 aromatic carbocycles. The lowest BCUT2D eigenvalue weighted by atomic mass is 10.2. The van der Waals surface area contributed by atoms with Crippen LogP contribution in [0.4, 0.5) is 36.2 Å². The maximum absolute atomic E-state index is 13.2. The molecule has 2 N–H and O–H groups in total. The highest BCUT2D eigenvalue weighted by Crippen LogP contribution is 2.39. The maximum Gasteiger partial charge on any atom is 0.422 e. The third kappa shape index (κ3) is 7.31. The van der Waals surface area contributed by atoms with Gasteiger partial charge in [0.15, 0.2) is 12.4 Å². The molecule has 2 heterocycles. The van der Waals surface area contributed by atoms with Gasteiger partial charge in [-0.3, -0.25) is 4.79 Å². The van der Waals surface area contributed by atoms with Crippen molar-refractivity contribution in [2.24, 2.45) is 7.05 Å². The van der Waals surface area contributed by atoms with Crippen molar-refractivity contribution in [3.05, 3.63) is 61.3 Å². The molecule has 0 unspecified atom stereocenters. The van der Waals surface area contributed by atoms with Crippen molar-refractivity contribution < 1.29 is 22.7 Å². The van der Waals surface area contributed by atoms with Crippen molar-refractivity contribution in [3.8, 4) is 17.3 Å². The third-order valence-electron chi connectivity index (χ3n) is 6.14. The Bertz CT molecular complexity index is 1550. The molecule has 0 saturated carbocycles. The van der Waals surface area contributed by atoms with Crippen molar-refractivity contribution in [2.45, 2.75) is 6.18 Å². The molecule has 4 aromatic rings. The highest BCUT2D eigenvalue weighted by Gasteiger charge is 2.29. The summed E-state index contributed by atoms with van der Waals surface area (Å²) in [6, 6.07) is 12.2. The smallest absolute Gasteiger partial charge is 0.422 e. The second-order valence-electron chi connectivity index (χ2n) is 9.56. The summed E-state index contributed by atoms with van der Waals surface area (Å²) in [6.07, 6.45) is -1.95. The highest BCUT2D eigenvalue weighted by molar-refractivity contribution is 6.02. The molecule has 0 aliphatic carbocycles. The van der Waals surface area contributed by atoms with Gasteiger partial charge in [-0.1, -0.05) is 18.7 Å². The number of nitrogens with one attached hydrogen (secondary N) is 2. The van der Waals surface area contributed by atoms with E-state index in [4.69, 9.17) is 4.74 Å². The maximum atomic E-state index is 13.2. The van der Waals surface area contributed by atoms with Gasteiger partial charge in [-0.15, -0.1) is 0 Å². The largest absolute Gasteiger partial charge is 0.482 e. The molecule has 0 radical (unpaired) electrons. The van der Waals surface area contributed by atoms with Crippen molar-refractivity contribution in [2.75, 3.05) is 56.4 Å². The van der Waals surface area contributed by atoms with Gasteiger partial charge in [-0.05, 0) is 44.4 Å². The van der Waals surface area contributed by atoms with Crippen LogP contribution in [-0.4, -0.2) is 77.3 Å². The number of para-hydroxylation sites is 2. The zero-order valence-corrected chi connectivity index (χ0v) is 23.2. The Morgan fingerprint density at radius 1 is 1.10 bits per heavy atom. The van der Waals surface area contributed by atoms with E-state index in [1.54, 1.807) is 13.1 Å². The standard InChI is InChI=1S/C28H31F3N8O2/c1-6-25(40)33-20-15-21(24(41-17-28(29,30)31)16-23(20)38(4)14-13-37(2)3)36-27-32-12-11-19(35-27)26-34-18-9-7-8-10-22(18)39(26)5/h6-12,15-16H,1,13-14,17H2,2-5H3,(H,33,40)(H,32,35,36). The molecule has 0 saturated heterocycles. The number of aromatic nitrogens is 4. The normalized spacial score (nSPS) is 11.5. The van der Waals surface area contributed by atoms with Crippen LogP contribution >= 0.6 is 0 Å². The SMILES string of the molecule is C=CC(=O)Nc1cc(Nc2nccc(-c3nc4ccccc4n3C)n2)c(OCC(F)(F)F)cc1N(C)CCN(C)C. The fourth-order valence-electron chi connectivity index (χ4n) is 4.05. The number of hydrogen-bond donors (Lipinski definition) is 2. The summed E-state index contributed by atoms with van der Waals surface area (Å²) in [5.41, 5.74) is 3.12. The molecule has 13 heteroatoms. The summed E-state index contributed by atoms with van der Waals surface area (Å²) in [5.74, 6) is 0.104. The number of carbonyl (C=O) groups is 1. The summed E-state index contributed by atoms with van der Waals surface area (Å²) >= 11 is 0. The average Bonchev–Trinajstić information content (AvgIpc) is 3.27. The van der Waals surface area contributed by atoms with Crippen LogP contribution in [0.1, 0.15) is 0 Å². The Balaban J connectivity index is 1.75. The van der Waals surface area contributed by atoms with Gasteiger partial charge >= 0.3 is 6.18 Å². The minimum absolute atomic E-state index is 0.0950. The van der Waals surface area contributed by atoms with Crippen LogP contribution in [0.25, 0.3) is 22.6 Å². The van der Waals surface area contributed by atoms with Gasteiger partial charge in [-0.25, -0.2) is 15.0 Å². The predicted molar refractivity (Wildman–Crippen MR) is 154 cm³/mol. The molecule has 41 heavy (non-hydrogen) atoms. The van der Waals surface area contributed by atoms with Crippen molar-refractivity contribution >= 4 is 40.0 Å². The van der Waals surface area contributed by atoms with Gasteiger partial charge in [0.05, 0.1) is 28.1 Å². The van der Waals surface area contributed by atoms with Crippen LogP contribution in [0.3, 0.4) is 0 Å². The molecule has 4 rings (SSSR count). The molecule has 0 atom stereocenters. The number of rotatable bonds is 11. The summed E-state index contributed by atoms with van der Waals surface area (Å²) in [5, 5.41) is 5.69. The number of benzene rings is 2. The molecule has 0 aliphatic heterocycles. The van der Waals surface area contributed by atoms with E-state index in [9.17, 15) is 18.0 Å². The second-order valence-corrected chi connectivity index (χ2v) is 9.56. The van der Waals surface area contributed by atoms with E-state index < -0.39 is 18.7 Å². The molecule has 10 nitrogen and oxygen atoms in total. The number of nitrogens with zero attached hydrogens (tertiary/aromatic N) is 6. The highest BCUT2D eigenvalue weighted by atomic mass is 19.4. The first-order valence-electron chi connectivity index (χ1n) is 12.6. The first-order chi connectivity index (χ1) is 19.4. The van der Waals surface area contributed by atoms with Crippen LogP contribution in [0.5, 0.6) is 5.75 Å². The second kappa shape index (κ2) is 12.3. The Labute approximate surface area is 235 Å². The number of likely N-dealkylation sites (N-methyl/N-ethyl adjacent to an activating group) is 2. The number of fused-ring (bicyclic) bond motifs is 1. The number of carbonyl (C=O) groups excluding carboxylic acids is 1. The number of alkyl halides is 3. The van der Waals surface area contributed by atoms with E-state index >= 15 is 0 Å². The van der Waals surface area contributed by atoms with E-state index in [1.807, 2.05) is 59.8 Å². The molecule has 0 spiro atoms. The van der Waals surface area contributed by atoms with Crippen molar-refractivity contribution in [1.29, 1.82) is 0 Å². The van der Waals surface area contributed by atoms with Crippen molar-refractivity contribution in [3.63, 3.8) is 0 Å². The zero-order valence-electron chi connectivity index (χ0n) is 23.2. The van der Waals surface area contributed by atoms with E-state index in [1.165, 1.54) is 18.3 Å². The fraction of sp³-hybridized carbons (Fsp3) is 0.286. The van der Waals surface area contributed by atoms with Crippen LogP contribution in [0.2, 0.25) is 0 Å². The van der Waals surface area contributed by atoms with Gasteiger partial charge in [-0.2, -0.15) is 13.2 Å². The minimum atomic E-state index is -4.57.